The molecule has 0 spiro atoms. The third-order valence-corrected chi connectivity index (χ3v) is 3.03. The molecule has 5 N–H and O–H groups in total. The van der Waals surface area contributed by atoms with Gasteiger partial charge < -0.3 is 16.2 Å². The molecule has 2 aromatic heterocycles. The van der Waals surface area contributed by atoms with Crippen LogP contribution < -0.4 is 16.2 Å². The Morgan fingerprint density at radius 3 is 2.32 bits per heavy atom. The number of aromatic amines is 1. The van der Waals surface area contributed by atoms with Crippen LogP contribution in [-0.2, 0) is 0 Å². The third kappa shape index (κ3) is 3.76. The number of hydrogen-bond donors (Lipinski definition) is 3. The highest BCUT2D eigenvalue weighted by molar-refractivity contribution is 5.75. The molecule has 0 bridgehead atoms. The summed E-state index contributed by atoms with van der Waals surface area (Å²) in [5.41, 5.74) is 14.2. The van der Waals surface area contributed by atoms with Crippen LogP contribution in [0.25, 0.3) is 11.1 Å². The van der Waals surface area contributed by atoms with Crippen molar-refractivity contribution in [3.8, 4) is 16.9 Å². The summed E-state index contributed by atoms with van der Waals surface area (Å²) in [7, 11) is 1.59. The Hall–Kier alpha value is -3.02. The van der Waals surface area contributed by atoms with Gasteiger partial charge in [-0.25, -0.2) is 4.98 Å². The highest BCUT2D eigenvalue weighted by Crippen LogP contribution is 2.26. The Kier molecular flexibility index (Phi) is 4.98. The van der Waals surface area contributed by atoms with Crippen LogP contribution in [-0.4, -0.2) is 22.3 Å². The van der Waals surface area contributed by atoms with E-state index < -0.39 is 0 Å². The summed E-state index contributed by atoms with van der Waals surface area (Å²) in [6.07, 6.45) is 1.61. The molecule has 0 radical (unpaired) electrons. The third-order valence-electron chi connectivity index (χ3n) is 3.03. The van der Waals surface area contributed by atoms with Gasteiger partial charge in [0.15, 0.2) is 5.82 Å². The number of nitrogens with one attached hydrogen (secondary N) is 1. The molecule has 0 fully saturated rings. The van der Waals surface area contributed by atoms with Crippen molar-refractivity contribution in [3.63, 3.8) is 0 Å². The van der Waals surface area contributed by atoms with E-state index in [0.717, 1.165) is 22.6 Å². The van der Waals surface area contributed by atoms with Gasteiger partial charge in [-0.15, -0.1) is 0 Å². The molecular weight excluding hydrogens is 278 g/mol. The zero-order valence-electron chi connectivity index (χ0n) is 12.6. The van der Waals surface area contributed by atoms with Crippen molar-refractivity contribution in [2.45, 2.75) is 6.92 Å². The first-order valence-corrected chi connectivity index (χ1v) is 6.73. The number of rotatable bonds is 2. The Morgan fingerprint density at radius 1 is 1.09 bits per heavy atom. The van der Waals surface area contributed by atoms with Crippen LogP contribution in [0.4, 0.5) is 11.6 Å². The van der Waals surface area contributed by atoms with Crippen LogP contribution in [0.15, 0.2) is 48.7 Å². The van der Waals surface area contributed by atoms with Crippen LogP contribution in [0.1, 0.15) is 5.69 Å². The summed E-state index contributed by atoms with van der Waals surface area (Å²) in [5, 5.41) is 6.81. The van der Waals surface area contributed by atoms with Crippen LogP contribution in [0.2, 0.25) is 0 Å². The van der Waals surface area contributed by atoms with Crippen LogP contribution in [0, 0.1) is 6.92 Å². The number of nitrogens with two attached hydrogens (primary N) is 2. The van der Waals surface area contributed by atoms with E-state index in [2.05, 4.69) is 15.2 Å². The summed E-state index contributed by atoms with van der Waals surface area (Å²) < 4.78 is 4.88. The maximum absolute atomic E-state index is 5.73. The standard InChI is InChI=1S/C10H11N3.C6H8N2O/c1-7-9(10(11)13-12-7)8-5-3-2-4-6-8;1-9-5-2-3-8-6(7)4-5/h2-6H,1H3,(H3,11,12,13);2-4H,1H3,(H2,7,8). The first kappa shape index (κ1) is 15.4. The van der Waals surface area contributed by atoms with Crippen LogP contribution in [0.5, 0.6) is 5.75 Å². The number of nitrogens with zero attached hydrogens (tertiary/aromatic N) is 2. The number of methoxy groups -OCH3 is 1. The normalized spacial score (nSPS) is 9.73. The fourth-order valence-corrected chi connectivity index (χ4v) is 1.97. The van der Waals surface area contributed by atoms with E-state index in [-0.39, 0.29) is 0 Å². The quantitative estimate of drug-likeness (QED) is 0.674. The molecule has 0 aliphatic carbocycles. The molecule has 6 nitrogen and oxygen atoms in total. The van der Waals surface area contributed by atoms with Gasteiger partial charge >= 0.3 is 0 Å². The van der Waals surface area contributed by atoms with Gasteiger partial charge in [0.25, 0.3) is 0 Å². The first-order chi connectivity index (χ1) is 10.6. The second kappa shape index (κ2) is 7.12. The Bertz CT molecular complexity index is 705. The Morgan fingerprint density at radius 2 is 1.82 bits per heavy atom. The van der Waals surface area contributed by atoms with E-state index in [9.17, 15) is 0 Å². The fraction of sp³-hybridized carbons (Fsp3) is 0.125. The monoisotopic (exact) mass is 297 g/mol. The molecule has 3 rings (SSSR count). The number of nitrogen functional groups attached to an aromatic ring is 2. The van der Waals surface area contributed by atoms with Crippen molar-refractivity contribution < 1.29 is 4.74 Å². The summed E-state index contributed by atoms with van der Waals surface area (Å²) >= 11 is 0. The molecule has 3 aromatic rings. The Labute approximate surface area is 129 Å². The lowest BCUT2D eigenvalue weighted by molar-refractivity contribution is 0.414. The number of hydrogen-bond acceptors (Lipinski definition) is 5. The molecule has 0 amide bonds. The number of ether oxygens (including phenoxy) is 1. The molecule has 22 heavy (non-hydrogen) atoms. The van der Waals surface area contributed by atoms with E-state index in [1.165, 1.54) is 0 Å². The molecule has 6 heteroatoms. The molecule has 0 aliphatic heterocycles. The van der Waals surface area contributed by atoms with Crippen molar-refractivity contribution in [2.75, 3.05) is 18.6 Å². The van der Waals surface area contributed by atoms with Gasteiger partial charge in [0.1, 0.15) is 11.6 Å². The predicted molar refractivity (Wildman–Crippen MR) is 88.4 cm³/mol. The lowest BCUT2D eigenvalue weighted by Gasteiger charge is -1.99. The number of anilines is 2. The summed E-state index contributed by atoms with van der Waals surface area (Å²) in [5.74, 6) is 1.78. The highest BCUT2D eigenvalue weighted by Gasteiger charge is 2.07. The summed E-state index contributed by atoms with van der Waals surface area (Å²) in [6.45, 7) is 1.96. The average molecular weight is 297 g/mol. The minimum absolute atomic E-state index is 0.481. The lowest BCUT2D eigenvalue weighted by atomic mass is 10.1. The van der Waals surface area contributed by atoms with Gasteiger partial charge in [-0.3, -0.25) is 5.10 Å². The largest absolute Gasteiger partial charge is 0.497 e. The molecule has 2 heterocycles. The minimum Gasteiger partial charge on any atom is -0.497 e. The van der Waals surface area contributed by atoms with E-state index in [0.29, 0.717) is 11.6 Å². The fourth-order valence-electron chi connectivity index (χ4n) is 1.97. The van der Waals surface area contributed by atoms with Gasteiger partial charge in [0, 0.05) is 23.5 Å². The van der Waals surface area contributed by atoms with Crippen molar-refractivity contribution in [2.24, 2.45) is 0 Å². The number of aromatic nitrogens is 3. The van der Waals surface area contributed by atoms with Gasteiger partial charge in [-0.2, -0.15) is 5.10 Å². The van der Waals surface area contributed by atoms with E-state index in [1.54, 1.807) is 25.4 Å². The molecule has 0 saturated heterocycles. The van der Waals surface area contributed by atoms with Crippen molar-refractivity contribution >= 4 is 11.6 Å². The van der Waals surface area contributed by atoms with Crippen LogP contribution >= 0.6 is 0 Å². The molecule has 0 atom stereocenters. The molecular formula is C16H19N5O. The topological polar surface area (TPSA) is 103 Å². The first-order valence-electron chi connectivity index (χ1n) is 6.73. The average Bonchev–Trinajstić information content (AvgIpc) is 2.88. The van der Waals surface area contributed by atoms with Crippen molar-refractivity contribution in [1.29, 1.82) is 0 Å². The zero-order chi connectivity index (χ0) is 15.9. The minimum atomic E-state index is 0.481. The summed E-state index contributed by atoms with van der Waals surface area (Å²) in [6, 6.07) is 13.4. The van der Waals surface area contributed by atoms with Crippen molar-refractivity contribution in [1.82, 2.24) is 15.2 Å². The smallest absolute Gasteiger partial charge is 0.153 e. The Balaban J connectivity index is 0.000000172. The molecule has 1 aromatic carbocycles. The molecule has 114 valence electrons. The van der Waals surface area contributed by atoms with Gasteiger partial charge in [-0.05, 0) is 18.6 Å². The highest BCUT2D eigenvalue weighted by atomic mass is 16.5. The second-order valence-electron chi connectivity index (χ2n) is 4.60. The second-order valence-corrected chi connectivity index (χ2v) is 4.60. The van der Waals surface area contributed by atoms with Gasteiger partial charge in [0.2, 0.25) is 0 Å². The van der Waals surface area contributed by atoms with Crippen molar-refractivity contribution in [3.05, 3.63) is 54.4 Å². The number of benzene rings is 1. The number of pyridine rings is 1. The van der Waals surface area contributed by atoms with E-state index in [1.807, 2.05) is 37.3 Å². The number of aryl methyl sites for hydroxylation is 1. The molecule has 0 saturated carbocycles. The van der Waals surface area contributed by atoms with Crippen LogP contribution in [0.3, 0.4) is 0 Å². The zero-order valence-corrected chi connectivity index (χ0v) is 12.6. The maximum atomic E-state index is 5.73. The summed E-state index contributed by atoms with van der Waals surface area (Å²) in [4.78, 5) is 3.79. The predicted octanol–water partition coefficient (Wildman–Crippen LogP) is 2.64. The number of H-pyrrole nitrogens is 1. The van der Waals surface area contributed by atoms with E-state index >= 15 is 0 Å². The SMILES string of the molecule is COc1ccnc(N)c1.Cc1[nH]nc(N)c1-c1ccccc1. The van der Waals surface area contributed by atoms with E-state index in [4.69, 9.17) is 16.2 Å². The molecule has 0 unspecified atom stereocenters. The lowest BCUT2D eigenvalue weighted by Crippen LogP contribution is -1.89. The maximum Gasteiger partial charge on any atom is 0.153 e. The molecule has 0 aliphatic rings. The van der Waals surface area contributed by atoms with Gasteiger partial charge in [0.05, 0.1) is 7.11 Å². The van der Waals surface area contributed by atoms with Gasteiger partial charge in [-0.1, -0.05) is 30.3 Å².